The molecule has 0 saturated carbocycles. The molecule has 1 saturated heterocycles. The van der Waals surface area contributed by atoms with Crippen LogP contribution in [0.3, 0.4) is 0 Å². The Bertz CT molecular complexity index is 720. The second-order valence-electron chi connectivity index (χ2n) is 7.19. The minimum Gasteiger partial charge on any atom is -0.497 e. The van der Waals surface area contributed by atoms with Gasteiger partial charge in [0.2, 0.25) is 5.91 Å². The summed E-state index contributed by atoms with van der Waals surface area (Å²) in [6.45, 7) is 6.36. The summed E-state index contributed by atoms with van der Waals surface area (Å²) in [4.78, 5) is 37.9. The molecule has 1 aliphatic heterocycles. The van der Waals surface area contributed by atoms with Crippen molar-refractivity contribution in [3.8, 4) is 5.75 Å². The number of nitrogens with zero attached hydrogens (tertiary/aromatic N) is 1. The molecule has 1 aromatic rings. The van der Waals surface area contributed by atoms with Gasteiger partial charge in [0.05, 0.1) is 12.0 Å². The van der Waals surface area contributed by atoms with E-state index in [1.165, 1.54) is 0 Å². The number of amides is 3. The number of benzene rings is 1. The average molecular weight is 376 g/mol. The molecule has 0 radical (unpaired) electrons. The number of rotatable bonds is 6. The van der Waals surface area contributed by atoms with Crippen molar-refractivity contribution >= 4 is 34.9 Å². The number of hydrogen-bond donors (Lipinski definition) is 1. The molecular weight excluding hydrogens is 352 g/mol. The van der Waals surface area contributed by atoms with Gasteiger partial charge >= 0.3 is 0 Å². The first-order valence-corrected chi connectivity index (χ1v) is 9.17. The maximum absolute atomic E-state index is 12.4. The third-order valence-corrected chi connectivity index (χ3v) is 4.54. The fourth-order valence-corrected chi connectivity index (χ4v) is 3.26. The van der Waals surface area contributed by atoms with E-state index in [0.29, 0.717) is 11.3 Å². The number of methoxy groups -OCH3 is 1. The van der Waals surface area contributed by atoms with E-state index in [-0.39, 0.29) is 35.6 Å². The summed E-state index contributed by atoms with van der Waals surface area (Å²) in [5.41, 5.74) is 0.711. The van der Waals surface area contributed by atoms with Crippen LogP contribution in [0.5, 0.6) is 5.75 Å². The molecule has 6 nitrogen and oxygen atoms in total. The van der Waals surface area contributed by atoms with Crippen molar-refractivity contribution in [2.75, 3.05) is 20.2 Å². The predicted octanol–water partition coefficient (Wildman–Crippen LogP) is 3.28. The summed E-state index contributed by atoms with van der Waals surface area (Å²) in [6.07, 6.45) is 2.08. The van der Waals surface area contributed by atoms with Gasteiger partial charge in [0.1, 0.15) is 5.75 Å². The number of carbonyl (C=O) groups is 3. The minimum absolute atomic E-state index is 0.0850. The molecule has 1 aromatic carbocycles. The summed E-state index contributed by atoms with van der Waals surface area (Å²) >= 11 is 0.910. The predicted molar refractivity (Wildman–Crippen MR) is 103 cm³/mol. The quantitative estimate of drug-likeness (QED) is 0.771. The molecule has 0 aromatic heterocycles. The number of thioether (sulfide) groups is 1. The SMILES string of the molecule is COc1ccc(C=C2SC(=O)N(CCNC(=O)CC(C)(C)C)C2=O)cc1. The number of imide groups is 1. The second-order valence-corrected chi connectivity index (χ2v) is 8.19. The molecule has 1 N–H and O–H groups in total. The molecule has 2 rings (SSSR count). The highest BCUT2D eigenvalue weighted by atomic mass is 32.2. The summed E-state index contributed by atoms with van der Waals surface area (Å²) < 4.78 is 5.10. The molecular formula is C19H24N2O4S. The van der Waals surface area contributed by atoms with E-state index in [0.717, 1.165) is 28.0 Å². The molecule has 1 aliphatic rings. The molecule has 0 aliphatic carbocycles. The van der Waals surface area contributed by atoms with Gasteiger partial charge in [0, 0.05) is 19.5 Å². The highest BCUT2D eigenvalue weighted by Crippen LogP contribution is 2.32. The smallest absolute Gasteiger partial charge is 0.293 e. The first-order valence-electron chi connectivity index (χ1n) is 8.36. The Hall–Kier alpha value is -2.28. The van der Waals surface area contributed by atoms with Crippen LogP contribution in [0.4, 0.5) is 4.79 Å². The van der Waals surface area contributed by atoms with E-state index < -0.39 is 0 Å². The standard InChI is InChI=1S/C19H24N2O4S/c1-19(2,3)12-16(22)20-9-10-21-17(23)15(26-18(21)24)11-13-5-7-14(25-4)8-6-13/h5-8,11H,9-10,12H2,1-4H3,(H,20,22). The van der Waals surface area contributed by atoms with Crippen molar-refractivity contribution in [3.63, 3.8) is 0 Å². The van der Waals surface area contributed by atoms with Crippen molar-refractivity contribution in [2.24, 2.45) is 5.41 Å². The van der Waals surface area contributed by atoms with Crippen LogP contribution in [-0.2, 0) is 9.59 Å². The zero-order valence-corrected chi connectivity index (χ0v) is 16.3. The van der Waals surface area contributed by atoms with Crippen molar-refractivity contribution in [3.05, 3.63) is 34.7 Å². The van der Waals surface area contributed by atoms with Gasteiger partial charge < -0.3 is 10.1 Å². The lowest BCUT2D eigenvalue weighted by molar-refractivity contribution is -0.125. The summed E-state index contributed by atoms with van der Waals surface area (Å²) in [5.74, 6) is 0.306. The van der Waals surface area contributed by atoms with Gasteiger partial charge in [-0.15, -0.1) is 0 Å². The maximum atomic E-state index is 12.4. The van der Waals surface area contributed by atoms with Crippen molar-refractivity contribution in [2.45, 2.75) is 27.2 Å². The molecule has 7 heteroatoms. The molecule has 0 atom stereocenters. The Balaban J connectivity index is 1.93. The third-order valence-electron chi connectivity index (χ3n) is 3.64. The van der Waals surface area contributed by atoms with Gasteiger partial charge in [-0.05, 0) is 40.9 Å². The van der Waals surface area contributed by atoms with Crippen LogP contribution in [0, 0.1) is 5.41 Å². The third kappa shape index (κ3) is 5.62. The van der Waals surface area contributed by atoms with Gasteiger partial charge in [-0.25, -0.2) is 0 Å². The zero-order chi connectivity index (χ0) is 19.3. The molecule has 140 valence electrons. The Morgan fingerprint density at radius 2 is 1.88 bits per heavy atom. The van der Waals surface area contributed by atoms with E-state index in [2.05, 4.69) is 5.32 Å². The van der Waals surface area contributed by atoms with Crippen molar-refractivity contribution < 1.29 is 19.1 Å². The molecule has 0 unspecified atom stereocenters. The fraction of sp³-hybridized carbons (Fsp3) is 0.421. The lowest BCUT2D eigenvalue weighted by atomic mass is 9.92. The van der Waals surface area contributed by atoms with Crippen LogP contribution in [0.1, 0.15) is 32.8 Å². The van der Waals surface area contributed by atoms with E-state index in [4.69, 9.17) is 4.74 Å². The summed E-state index contributed by atoms with van der Waals surface area (Å²) in [5, 5.41) is 2.44. The Morgan fingerprint density at radius 3 is 2.46 bits per heavy atom. The van der Waals surface area contributed by atoms with Gasteiger partial charge in [0.25, 0.3) is 11.1 Å². The van der Waals surface area contributed by atoms with Gasteiger partial charge in [-0.2, -0.15) is 0 Å². The highest BCUT2D eigenvalue weighted by molar-refractivity contribution is 8.18. The number of carbonyl (C=O) groups excluding carboxylic acids is 3. The molecule has 0 bridgehead atoms. The van der Waals surface area contributed by atoms with Gasteiger partial charge in [-0.3, -0.25) is 19.3 Å². The maximum Gasteiger partial charge on any atom is 0.293 e. The van der Waals surface area contributed by atoms with Crippen LogP contribution >= 0.6 is 11.8 Å². The largest absolute Gasteiger partial charge is 0.497 e. The number of nitrogens with one attached hydrogen (secondary N) is 1. The van der Waals surface area contributed by atoms with Crippen molar-refractivity contribution in [1.82, 2.24) is 10.2 Å². The Morgan fingerprint density at radius 1 is 1.23 bits per heavy atom. The molecule has 1 heterocycles. The monoisotopic (exact) mass is 376 g/mol. The lowest BCUT2D eigenvalue weighted by Crippen LogP contribution is -2.38. The van der Waals surface area contributed by atoms with Crippen LogP contribution in [0.2, 0.25) is 0 Å². The first-order chi connectivity index (χ1) is 12.2. The van der Waals surface area contributed by atoms with E-state index in [1.807, 2.05) is 32.9 Å². The Kier molecular flexibility index (Phi) is 6.47. The van der Waals surface area contributed by atoms with E-state index in [1.54, 1.807) is 25.3 Å². The normalized spacial score (nSPS) is 16.3. The summed E-state index contributed by atoms with van der Waals surface area (Å²) in [7, 11) is 1.58. The zero-order valence-electron chi connectivity index (χ0n) is 15.5. The topological polar surface area (TPSA) is 75.7 Å². The Labute approximate surface area is 158 Å². The van der Waals surface area contributed by atoms with E-state index >= 15 is 0 Å². The van der Waals surface area contributed by atoms with Crippen LogP contribution in [-0.4, -0.2) is 42.2 Å². The fourth-order valence-electron chi connectivity index (χ4n) is 2.40. The molecule has 26 heavy (non-hydrogen) atoms. The summed E-state index contributed by atoms with van der Waals surface area (Å²) in [6, 6.07) is 7.22. The molecule has 3 amide bonds. The van der Waals surface area contributed by atoms with E-state index in [9.17, 15) is 14.4 Å². The number of ether oxygens (including phenoxy) is 1. The average Bonchev–Trinajstić information content (AvgIpc) is 2.81. The second kappa shape index (κ2) is 8.40. The lowest BCUT2D eigenvalue weighted by Gasteiger charge is -2.18. The minimum atomic E-state index is -0.333. The molecule has 1 fully saturated rings. The van der Waals surface area contributed by atoms with Crippen LogP contribution < -0.4 is 10.1 Å². The van der Waals surface area contributed by atoms with Gasteiger partial charge in [0.15, 0.2) is 0 Å². The number of hydrogen-bond acceptors (Lipinski definition) is 5. The molecule has 0 spiro atoms. The van der Waals surface area contributed by atoms with Crippen LogP contribution in [0.15, 0.2) is 29.2 Å². The van der Waals surface area contributed by atoms with Crippen LogP contribution in [0.25, 0.3) is 6.08 Å². The highest BCUT2D eigenvalue weighted by Gasteiger charge is 2.34. The first kappa shape index (κ1) is 20.0. The van der Waals surface area contributed by atoms with Crippen molar-refractivity contribution in [1.29, 1.82) is 0 Å². The van der Waals surface area contributed by atoms with Gasteiger partial charge in [-0.1, -0.05) is 32.9 Å².